The average Bonchev–Trinajstić information content (AvgIpc) is 3.72. The number of carbonyl (C=O) groups is 6. The van der Waals surface area contributed by atoms with Gasteiger partial charge in [0.1, 0.15) is 43.0 Å². The number of aromatic nitrogens is 2. The Hall–Kier alpha value is -6.24. The number of alkyl halides is 2. The van der Waals surface area contributed by atoms with Gasteiger partial charge in [0.15, 0.2) is 0 Å². The van der Waals surface area contributed by atoms with E-state index in [1.807, 2.05) is 48.5 Å². The van der Waals surface area contributed by atoms with E-state index in [2.05, 4.69) is 31.2 Å². The number of nitrogens with one attached hydrogen (secondary N) is 4. The number of Topliss-reactive ketones (excluding diaryl/α,β-unsaturated/α-hetero) is 1. The van der Waals surface area contributed by atoms with Crippen molar-refractivity contribution >= 4 is 46.1 Å². The van der Waals surface area contributed by atoms with Crippen LogP contribution in [-0.2, 0) is 41.8 Å². The Morgan fingerprint density at radius 2 is 1.55 bits per heavy atom. The number of likely N-dealkylation sites (tertiary alicyclic amines) is 1. The van der Waals surface area contributed by atoms with Crippen LogP contribution in [0.3, 0.4) is 0 Å². The van der Waals surface area contributed by atoms with Crippen LogP contribution in [0, 0.1) is 17.0 Å². The number of hydrogen-bond donors (Lipinski definition) is 4. The van der Waals surface area contributed by atoms with Gasteiger partial charge in [0.05, 0.1) is 24.8 Å². The van der Waals surface area contributed by atoms with E-state index >= 15 is 8.78 Å². The van der Waals surface area contributed by atoms with Crippen LogP contribution in [0.2, 0.25) is 0 Å². The number of nitrogens with zero attached hydrogens (tertiary/aromatic N) is 4. The zero-order chi connectivity index (χ0) is 47.9. The molecule has 4 aromatic rings. The van der Waals surface area contributed by atoms with Gasteiger partial charge in [0.2, 0.25) is 23.5 Å². The maximum atomic E-state index is 15.9. The molecule has 0 bridgehead atoms. The molecule has 0 radical (unpaired) electrons. The Morgan fingerprint density at radius 1 is 0.864 bits per heavy atom. The Bertz CT molecular complexity index is 2420. The summed E-state index contributed by atoms with van der Waals surface area (Å²) in [6, 6.07) is 13.4. The van der Waals surface area contributed by atoms with Crippen molar-refractivity contribution < 1.29 is 47.2 Å². The van der Waals surface area contributed by atoms with Crippen LogP contribution in [0.15, 0.2) is 85.3 Å². The van der Waals surface area contributed by atoms with E-state index in [4.69, 9.17) is 4.84 Å². The van der Waals surface area contributed by atoms with Crippen molar-refractivity contribution in [3.8, 4) is 0 Å². The van der Waals surface area contributed by atoms with E-state index < -0.39 is 94.2 Å². The summed E-state index contributed by atoms with van der Waals surface area (Å²) in [6.45, 7) is 9.56. The first-order chi connectivity index (χ1) is 31.3. The number of halogens is 2. The molecule has 7 atom stereocenters. The van der Waals surface area contributed by atoms with Crippen LogP contribution in [-0.4, -0.2) is 104 Å². The molecule has 5 amide bonds. The summed E-state index contributed by atoms with van der Waals surface area (Å²) in [6.07, 6.45) is 2.96. The Morgan fingerprint density at radius 3 is 2.21 bits per heavy atom. The van der Waals surface area contributed by atoms with Crippen molar-refractivity contribution in [3.05, 3.63) is 113 Å². The molecule has 2 aliphatic heterocycles. The second-order valence-electron chi connectivity index (χ2n) is 17.8. The summed E-state index contributed by atoms with van der Waals surface area (Å²) >= 11 is 0. The van der Waals surface area contributed by atoms with Crippen LogP contribution < -0.4 is 21.3 Å². The average molecular weight is 913 g/mol. The Labute approximate surface area is 382 Å². The van der Waals surface area contributed by atoms with Gasteiger partial charge in [-0.3, -0.25) is 33.8 Å². The number of fused-ring (bicyclic) bond motifs is 2. The van der Waals surface area contributed by atoms with Crippen LogP contribution >= 0.6 is 0 Å². The fourth-order valence-electron chi connectivity index (χ4n) is 8.42. The van der Waals surface area contributed by atoms with Crippen molar-refractivity contribution in [3.63, 3.8) is 0 Å². The van der Waals surface area contributed by atoms with Crippen molar-refractivity contribution in [1.29, 1.82) is 0 Å². The van der Waals surface area contributed by atoms with E-state index in [1.165, 1.54) is 25.5 Å². The molecule has 1 fully saturated rings. The van der Waals surface area contributed by atoms with Crippen molar-refractivity contribution in [1.82, 2.24) is 36.1 Å². The lowest BCUT2D eigenvalue weighted by Crippen LogP contribution is -2.60. The normalized spacial score (nSPS) is 20.2. The van der Waals surface area contributed by atoms with Gasteiger partial charge in [-0.15, -0.1) is 0 Å². The minimum atomic E-state index is -4.57. The summed E-state index contributed by atoms with van der Waals surface area (Å²) in [5.41, 5.74) is 2.28. The van der Waals surface area contributed by atoms with Gasteiger partial charge in [-0.2, -0.15) is 13.6 Å². The fourth-order valence-corrected chi connectivity index (χ4v) is 8.42. The van der Waals surface area contributed by atoms with Crippen molar-refractivity contribution in [2.75, 3.05) is 13.1 Å². The highest BCUT2D eigenvalue weighted by molar-refractivity contribution is 6.11. The number of carbonyl (C=O) groups excluding carboxylic acids is 6. The molecule has 0 saturated carbocycles. The molecule has 1 unspecified atom stereocenters. The third-order valence-corrected chi connectivity index (χ3v) is 12.1. The predicted octanol–water partition coefficient (Wildman–Crippen LogP) is 4.86. The van der Waals surface area contributed by atoms with Gasteiger partial charge in [0, 0.05) is 30.8 Å². The van der Waals surface area contributed by atoms with E-state index in [-0.39, 0.29) is 44.6 Å². The molecule has 1 aromatic heterocycles. The Balaban J connectivity index is 1.22. The largest absolute Gasteiger partial charge is 0.598 e. The molecule has 0 aliphatic carbocycles. The molecule has 3 heterocycles. The summed E-state index contributed by atoms with van der Waals surface area (Å²) < 4.78 is 31.8. The van der Waals surface area contributed by atoms with Gasteiger partial charge in [0.25, 0.3) is 11.8 Å². The van der Waals surface area contributed by atoms with Crippen molar-refractivity contribution in [2.24, 2.45) is 11.8 Å². The number of hydrogen-bond acceptors (Lipinski definition) is 10. The third-order valence-electron chi connectivity index (χ3n) is 12.1. The summed E-state index contributed by atoms with van der Waals surface area (Å²) in [5.74, 6) is -12.4. The van der Waals surface area contributed by atoms with E-state index in [9.17, 15) is 34.0 Å². The summed E-state index contributed by atoms with van der Waals surface area (Å²) in [4.78, 5) is 96.8. The number of hydroxylamine groups is 4. The Kier molecular flexibility index (Phi) is 15.6. The minimum absolute atomic E-state index is 0.0331. The molecule has 0 spiro atoms. The smallest absolute Gasteiger partial charge is 0.383 e. The number of ketones is 1. The molecule has 4 N–H and O–H groups in total. The standard InChI is InChI=1S/C48H58F2N8O8/c1-7-12-37(42(59)48(49,50)47(64)53-30(6)33-18-17-31-13-8-10-15-34(31)23-33)54-44(61)39-24-36(66-58(65)22-19-32-14-9-11-16-35(32)27-58)26-57(39)46(63)41(29(4)5)56-45(62)40(28(2)3)55-43(60)38-25-51-20-21-52-38/h8-11,13-18,20-21,23,25,28-30,36-37,39-41H,7,12,19,22,24,26-27H2,1-6H3,(H,53,64)(H,54,61)(H,55,60)(H,56,62)/t30-,36+,37-,39-,40-,41-,58?/m0/s1. The molecule has 16 nitrogen and oxygen atoms in total. The summed E-state index contributed by atoms with van der Waals surface area (Å²) in [7, 11) is 0. The molecule has 18 heteroatoms. The van der Waals surface area contributed by atoms with E-state index in [1.54, 1.807) is 52.8 Å². The number of quaternary nitrogens is 1. The molecule has 1 saturated heterocycles. The second kappa shape index (κ2) is 20.9. The minimum Gasteiger partial charge on any atom is -0.598 e. The molecule has 352 valence electrons. The molecule has 66 heavy (non-hydrogen) atoms. The first kappa shape index (κ1) is 49.2. The van der Waals surface area contributed by atoms with Gasteiger partial charge in [-0.05, 0) is 53.1 Å². The van der Waals surface area contributed by atoms with Crippen molar-refractivity contribution in [2.45, 2.75) is 116 Å². The van der Waals surface area contributed by atoms with Gasteiger partial charge in [-0.1, -0.05) is 102 Å². The maximum absolute atomic E-state index is 15.9. The van der Waals surface area contributed by atoms with Crippen LogP contribution in [0.5, 0.6) is 0 Å². The van der Waals surface area contributed by atoms with Crippen LogP contribution in [0.25, 0.3) is 10.8 Å². The van der Waals surface area contributed by atoms with Gasteiger partial charge < -0.3 is 31.4 Å². The topological polar surface area (TPSA) is 212 Å². The quantitative estimate of drug-likeness (QED) is 0.0605. The molecule has 2 aliphatic rings. The molecular formula is C48H58F2N8O8. The van der Waals surface area contributed by atoms with E-state index in [0.29, 0.717) is 12.0 Å². The molecule has 3 aromatic carbocycles. The SMILES string of the molecule is CCC[C@H](NC(=O)[C@@H]1C[C@@H](O[N+]2([O-])CCc3ccccc3C2)CN1C(=O)[C@@H](NC(=O)[C@@H](NC(=O)c1cnccn1)C(C)C)C(C)C)C(=O)C(F)(F)C(=O)N[C@@H](C)c1ccc2ccccc2c1. The predicted molar refractivity (Wildman–Crippen MR) is 240 cm³/mol. The van der Waals surface area contributed by atoms with E-state index in [0.717, 1.165) is 26.8 Å². The molecule has 6 rings (SSSR count). The zero-order valence-electron chi connectivity index (χ0n) is 38.0. The third kappa shape index (κ3) is 11.4. The highest BCUT2D eigenvalue weighted by Gasteiger charge is 2.52. The lowest BCUT2D eigenvalue weighted by molar-refractivity contribution is -1.08. The zero-order valence-corrected chi connectivity index (χ0v) is 38.0. The fraction of sp³-hybridized carbons (Fsp3) is 0.458. The summed E-state index contributed by atoms with van der Waals surface area (Å²) in [5, 5.41) is 25.9. The van der Waals surface area contributed by atoms with Crippen LogP contribution in [0.4, 0.5) is 8.78 Å². The first-order valence-corrected chi connectivity index (χ1v) is 22.3. The van der Waals surface area contributed by atoms with Gasteiger partial charge >= 0.3 is 5.92 Å². The highest BCUT2D eigenvalue weighted by Crippen LogP contribution is 2.31. The second-order valence-corrected chi connectivity index (χ2v) is 17.8. The van der Waals surface area contributed by atoms with Crippen LogP contribution in [0.1, 0.15) is 94.0 Å². The number of benzene rings is 3. The lowest BCUT2D eigenvalue weighted by Gasteiger charge is -2.43. The molecular weight excluding hydrogens is 855 g/mol. The number of amides is 5. The first-order valence-electron chi connectivity index (χ1n) is 22.3. The maximum Gasteiger partial charge on any atom is 0.383 e. The number of rotatable bonds is 18. The lowest BCUT2D eigenvalue weighted by atomic mass is 9.98. The monoisotopic (exact) mass is 912 g/mol. The van der Waals surface area contributed by atoms with Gasteiger partial charge in [-0.25, -0.2) is 9.79 Å². The highest BCUT2D eigenvalue weighted by atomic mass is 19.3.